The molecule has 2 aromatic rings. The Hall–Kier alpha value is -2.43. The third-order valence-corrected chi connectivity index (χ3v) is 3.22. The highest BCUT2D eigenvalue weighted by Crippen LogP contribution is 2.33. The number of nitrogens with two attached hydrogens (primary N) is 1. The monoisotopic (exact) mass is 321 g/mol. The lowest BCUT2D eigenvalue weighted by Gasteiger charge is -2.11. The molecule has 0 amide bonds. The van der Waals surface area contributed by atoms with E-state index in [0.717, 1.165) is 30.5 Å². The first-order valence-electron chi connectivity index (χ1n) is 7.31. The van der Waals surface area contributed by atoms with Gasteiger partial charge in [0, 0.05) is 11.3 Å². The van der Waals surface area contributed by atoms with Crippen LogP contribution in [0.4, 0.5) is 13.2 Å². The van der Waals surface area contributed by atoms with E-state index >= 15 is 0 Å². The molecule has 0 saturated carbocycles. The molecule has 2 rings (SSSR count). The molecule has 0 spiro atoms. The highest BCUT2D eigenvalue weighted by molar-refractivity contribution is 5.63. The molecule has 0 unspecified atom stereocenters. The van der Waals surface area contributed by atoms with E-state index in [1.807, 2.05) is 12.1 Å². The maximum Gasteiger partial charge on any atom is 0.416 e. The van der Waals surface area contributed by atoms with Crippen molar-refractivity contribution in [3.8, 4) is 11.5 Å². The summed E-state index contributed by atoms with van der Waals surface area (Å²) in [5.74, 6) is 0.572. The van der Waals surface area contributed by atoms with Crippen molar-refractivity contribution in [3.05, 3.63) is 65.7 Å². The van der Waals surface area contributed by atoms with E-state index < -0.39 is 11.7 Å². The second kappa shape index (κ2) is 7.22. The Morgan fingerprint density at radius 1 is 1.09 bits per heavy atom. The number of hydrogen-bond acceptors (Lipinski definition) is 2. The molecule has 0 aromatic heterocycles. The van der Waals surface area contributed by atoms with Crippen LogP contribution in [0.25, 0.3) is 5.70 Å². The van der Waals surface area contributed by atoms with Crippen molar-refractivity contribution >= 4 is 5.70 Å². The molecule has 0 bridgehead atoms. The number of alkyl halides is 3. The van der Waals surface area contributed by atoms with E-state index in [-0.39, 0.29) is 5.75 Å². The van der Waals surface area contributed by atoms with Gasteiger partial charge in [-0.05, 0) is 36.8 Å². The van der Waals surface area contributed by atoms with Gasteiger partial charge >= 0.3 is 6.18 Å². The average Bonchev–Trinajstić information content (AvgIpc) is 2.52. The first-order chi connectivity index (χ1) is 10.9. The van der Waals surface area contributed by atoms with Crippen LogP contribution in [0.1, 0.15) is 30.9 Å². The van der Waals surface area contributed by atoms with Gasteiger partial charge in [-0.2, -0.15) is 13.2 Å². The van der Waals surface area contributed by atoms with Crippen LogP contribution in [0, 0.1) is 0 Å². The normalized spacial score (nSPS) is 12.3. The SMILES string of the molecule is CCC/C=C(/N)c1cccc(Oc2cccc(C(F)(F)F)c2)c1. The van der Waals surface area contributed by atoms with Crippen LogP contribution in [0.2, 0.25) is 0 Å². The minimum absolute atomic E-state index is 0.132. The minimum atomic E-state index is -4.39. The van der Waals surface area contributed by atoms with Gasteiger partial charge in [-0.15, -0.1) is 0 Å². The van der Waals surface area contributed by atoms with Crippen molar-refractivity contribution in [2.75, 3.05) is 0 Å². The molecular formula is C18H18F3NO. The molecule has 2 N–H and O–H groups in total. The molecule has 23 heavy (non-hydrogen) atoms. The summed E-state index contributed by atoms with van der Waals surface area (Å²) in [5.41, 5.74) is 6.65. The average molecular weight is 321 g/mol. The molecular weight excluding hydrogens is 303 g/mol. The zero-order valence-corrected chi connectivity index (χ0v) is 12.7. The van der Waals surface area contributed by atoms with Gasteiger partial charge in [0.1, 0.15) is 11.5 Å². The fourth-order valence-corrected chi connectivity index (χ4v) is 2.03. The zero-order valence-electron chi connectivity index (χ0n) is 12.7. The van der Waals surface area contributed by atoms with Gasteiger partial charge in [-0.1, -0.05) is 37.6 Å². The van der Waals surface area contributed by atoms with Crippen LogP contribution in [0.5, 0.6) is 11.5 Å². The third kappa shape index (κ3) is 4.77. The molecule has 2 nitrogen and oxygen atoms in total. The Bertz CT molecular complexity index is 693. The van der Waals surface area contributed by atoms with Crippen LogP contribution < -0.4 is 10.5 Å². The molecule has 0 saturated heterocycles. The summed E-state index contributed by atoms with van der Waals surface area (Å²) >= 11 is 0. The third-order valence-electron chi connectivity index (χ3n) is 3.22. The largest absolute Gasteiger partial charge is 0.457 e. The topological polar surface area (TPSA) is 35.2 Å². The van der Waals surface area contributed by atoms with Crippen molar-refractivity contribution in [2.45, 2.75) is 25.9 Å². The zero-order chi connectivity index (χ0) is 16.9. The Labute approximate surface area is 133 Å². The highest BCUT2D eigenvalue weighted by atomic mass is 19.4. The minimum Gasteiger partial charge on any atom is -0.457 e. The Balaban J connectivity index is 2.21. The molecule has 122 valence electrons. The van der Waals surface area contributed by atoms with Crippen molar-refractivity contribution in [1.29, 1.82) is 0 Å². The number of halogens is 3. The molecule has 0 atom stereocenters. The van der Waals surface area contributed by atoms with Crippen LogP contribution in [-0.4, -0.2) is 0 Å². The lowest BCUT2D eigenvalue weighted by Crippen LogP contribution is -2.04. The van der Waals surface area contributed by atoms with E-state index in [1.165, 1.54) is 12.1 Å². The van der Waals surface area contributed by atoms with Crippen LogP contribution in [0.15, 0.2) is 54.6 Å². The van der Waals surface area contributed by atoms with Crippen LogP contribution in [0.3, 0.4) is 0 Å². The van der Waals surface area contributed by atoms with Crippen molar-refractivity contribution in [1.82, 2.24) is 0 Å². The molecule has 0 heterocycles. The molecule has 0 aliphatic heterocycles. The van der Waals surface area contributed by atoms with Gasteiger partial charge in [0.2, 0.25) is 0 Å². The second-order valence-electron chi connectivity index (χ2n) is 5.10. The summed E-state index contributed by atoms with van der Waals surface area (Å²) in [6.45, 7) is 2.05. The lowest BCUT2D eigenvalue weighted by atomic mass is 10.1. The van der Waals surface area contributed by atoms with E-state index in [1.54, 1.807) is 18.2 Å². The van der Waals surface area contributed by atoms with E-state index in [0.29, 0.717) is 11.4 Å². The lowest BCUT2D eigenvalue weighted by molar-refractivity contribution is -0.137. The Kier molecular flexibility index (Phi) is 5.32. The Morgan fingerprint density at radius 2 is 1.74 bits per heavy atom. The molecule has 0 fully saturated rings. The van der Waals surface area contributed by atoms with Gasteiger partial charge in [0.15, 0.2) is 0 Å². The van der Waals surface area contributed by atoms with Gasteiger partial charge in [-0.3, -0.25) is 0 Å². The highest BCUT2D eigenvalue weighted by Gasteiger charge is 2.30. The van der Waals surface area contributed by atoms with E-state index in [9.17, 15) is 13.2 Å². The predicted octanol–water partition coefficient (Wildman–Crippen LogP) is 5.60. The molecule has 5 heteroatoms. The maximum atomic E-state index is 12.7. The summed E-state index contributed by atoms with van der Waals surface area (Å²) in [6.07, 6.45) is -0.621. The smallest absolute Gasteiger partial charge is 0.416 e. The molecule has 0 radical (unpaired) electrons. The summed E-state index contributed by atoms with van der Waals surface area (Å²) in [6, 6.07) is 11.8. The molecule has 0 aliphatic carbocycles. The van der Waals surface area contributed by atoms with Crippen molar-refractivity contribution in [3.63, 3.8) is 0 Å². The van der Waals surface area contributed by atoms with Crippen LogP contribution >= 0.6 is 0 Å². The van der Waals surface area contributed by atoms with Crippen molar-refractivity contribution in [2.24, 2.45) is 5.73 Å². The van der Waals surface area contributed by atoms with Crippen molar-refractivity contribution < 1.29 is 17.9 Å². The number of allylic oxidation sites excluding steroid dienone is 1. The Morgan fingerprint density at radius 3 is 2.39 bits per heavy atom. The second-order valence-corrected chi connectivity index (χ2v) is 5.10. The fraction of sp³-hybridized carbons (Fsp3) is 0.222. The van der Waals surface area contributed by atoms with E-state index in [4.69, 9.17) is 10.5 Å². The number of rotatable bonds is 5. The number of hydrogen-bond donors (Lipinski definition) is 1. The van der Waals surface area contributed by atoms with E-state index in [2.05, 4.69) is 6.92 Å². The van der Waals surface area contributed by atoms with Crippen LogP contribution in [-0.2, 0) is 6.18 Å². The van der Waals surface area contributed by atoms with Gasteiger partial charge in [-0.25, -0.2) is 0 Å². The fourth-order valence-electron chi connectivity index (χ4n) is 2.03. The number of unbranched alkanes of at least 4 members (excludes halogenated alkanes) is 1. The van der Waals surface area contributed by atoms with Gasteiger partial charge in [0.05, 0.1) is 5.56 Å². The molecule has 0 aliphatic rings. The summed E-state index contributed by atoms with van der Waals surface area (Å²) in [4.78, 5) is 0. The summed E-state index contributed by atoms with van der Waals surface area (Å²) < 4.78 is 43.7. The number of ether oxygens (including phenoxy) is 1. The standard InChI is InChI=1S/C18H18F3NO/c1-2-3-10-17(22)13-6-4-8-15(11-13)23-16-9-5-7-14(12-16)18(19,20)21/h4-12H,2-3,22H2,1H3/b17-10+. The first-order valence-corrected chi connectivity index (χ1v) is 7.31. The first kappa shape index (κ1) is 16.9. The molecule has 2 aromatic carbocycles. The maximum absolute atomic E-state index is 12.7. The number of benzene rings is 2. The quantitative estimate of drug-likeness (QED) is 0.778. The van der Waals surface area contributed by atoms with Gasteiger partial charge in [0.25, 0.3) is 0 Å². The summed E-state index contributed by atoms with van der Waals surface area (Å²) in [7, 11) is 0. The van der Waals surface area contributed by atoms with Gasteiger partial charge < -0.3 is 10.5 Å². The predicted molar refractivity (Wildman–Crippen MR) is 85.0 cm³/mol. The summed E-state index contributed by atoms with van der Waals surface area (Å²) in [5, 5.41) is 0.